The number of nitrogens with zero attached hydrogens (tertiary/aromatic N) is 1. The summed E-state index contributed by atoms with van der Waals surface area (Å²) in [6, 6.07) is 0. The van der Waals surface area contributed by atoms with Gasteiger partial charge in [0.05, 0.1) is 5.71 Å². The Labute approximate surface area is 101 Å². The first-order valence-electron chi connectivity index (χ1n) is 6.01. The normalized spacial score (nSPS) is 17.0. The second-order valence-electron chi connectivity index (χ2n) is 4.09. The molecular formula is C12H19N3O2. The van der Waals surface area contributed by atoms with Crippen molar-refractivity contribution in [3.8, 4) is 0 Å². The van der Waals surface area contributed by atoms with Crippen LogP contribution >= 0.6 is 0 Å². The first-order chi connectivity index (χ1) is 8.15. The molecule has 0 saturated heterocycles. The molecule has 0 aromatic heterocycles. The van der Waals surface area contributed by atoms with E-state index in [9.17, 15) is 9.59 Å². The fraction of sp³-hybridized carbons (Fsp3) is 0.583. The van der Waals surface area contributed by atoms with Crippen molar-refractivity contribution in [3.63, 3.8) is 0 Å². The topological polar surface area (TPSA) is 84.6 Å². The van der Waals surface area contributed by atoms with Gasteiger partial charge >= 0.3 is 11.8 Å². The number of unbranched alkanes of at least 4 members (excludes halogenated alkanes) is 2. The Morgan fingerprint density at radius 1 is 1.47 bits per heavy atom. The van der Waals surface area contributed by atoms with E-state index in [0.29, 0.717) is 0 Å². The van der Waals surface area contributed by atoms with Crippen molar-refractivity contribution in [2.45, 2.75) is 45.4 Å². The third kappa shape index (κ3) is 4.38. The van der Waals surface area contributed by atoms with E-state index in [1.807, 2.05) is 0 Å². The molecule has 0 saturated carbocycles. The SMILES string of the molecule is CCCCCC1=CCC/C1=N/NC(=O)C(N)=O. The second kappa shape index (κ2) is 6.83. The Morgan fingerprint density at radius 2 is 2.24 bits per heavy atom. The molecule has 5 heteroatoms. The number of rotatable bonds is 5. The predicted octanol–water partition coefficient (Wildman–Crippen LogP) is 1.24. The lowest BCUT2D eigenvalue weighted by molar-refractivity contribution is -0.137. The Morgan fingerprint density at radius 3 is 2.88 bits per heavy atom. The van der Waals surface area contributed by atoms with E-state index in [-0.39, 0.29) is 0 Å². The zero-order valence-corrected chi connectivity index (χ0v) is 10.2. The van der Waals surface area contributed by atoms with Crippen molar-refractivity contribution in [2.24, 2.45) is 10.8 Å². The maximum atomic E-state index is 11.0. The van der Waals surface area contributed by atoms with Crippen LogP contribution in [0.2, 0.25) is 0 Å². The summed E-state index contributed by atoms with van der Waals surface area (Å²) in [5.41, 5.74) is 9.05. The van der Waals surface area contributed by atoms with Crippen LogP contribution in [0.4, 0.5) is 0 Å². The molecule has 17 heavy (non-hydrogen) atoms. The second-order valence-corrected chi connectivity index (χ2v) is 4.09. The molecule has 1 aliphatic rings. The molecule has 3 N–H and O–H groups in total. The number of amides is 2. The van der Waals surface area contributed by atoms with Gasteiger partial charge in [-0.15, -0.1) is 0 Å². The minimum absolute atomic E-state index is 0.820. The van der Waals surface area contributed by atoms with Crippen molar-refractivity contribution in [3.05, 3.63) is 11.6 Å². The van der Waals surface area contributed by atoms with Crippen LogP contribution in [0, 0.1) is 0 Å². The molecule has 1 rings (SSSR count). The van der Waals surface area contributed by atoms with Crippen molar-refractivity contribution in [1.82, 2.24) is 5.43 Å². The van der Waals surface area contributed by atoms with Gasteiger partial charge in [-0.3, -0.25) is 9.59 Å². The molecule has 0 aromatic rings. The highest BCUT2D eigenvalue weighted by Gasteiger charge is 2.14. The Kier molecular flexibility index (Phi) is 5.39. The number of carbonyl (C=O) groups is 2. The summed E-state index contributed by atoms with van der Waals surface area (Å²) < 4.78 is 0. The zero-order chi connectivity index (χ0) is 12.7. The maximum Gasteiger partial charge on any atom is 0.329 e. The summed E-state index contributed by atoms with van der Waals surface area (Å²) in [5, 5.41) is 3.95. The summed E-state index contributed by atoms with van der Waals surface area (Å²) in [6.07, 6.45) is 8.40. The largest absolute Gasteiger partial charge is 0.361 e. The van der Waals surface area contributed by atoms with Gasteiger partial charge in [0, 0.05) is 0 Å². The molecule has 0 unspecified atom stereocenters. The summed E-state index contributed by atoms with van der Waals surface area (Å²) in [7, 11) is 0. The van der Waals surface area contributed by atoms with Crippen molar-refractivity contribution >= 4 is 17.5 Å². The molecule has 0 heterocycles. The molecule has 0 spiro atoms. The molecular weight excluding hydrogens is 218 g/mol. The highest BCUT2D eigenvalue weighted by Crippen LogP contribution is 2.20. The lowest BCUT2D eigenvalue weighted by atomic mass is 10.1. The zero-order valence-electron chi connectivity index (χ0n) is 10.2. The Bertz CT molecular complexity index is 359. The molecule has 0 radical (unpaired) electrons. The lowest BCUT2D eigenvalue weighted by Crippen LogP contribution is -2.33. The number of primary amides is 1. The Hall–Kier alpha value is -1.65. The number of nitrogens with two attached hydrogens (primary N) is 1. The summed E-state index contributed by atoms with van der Waals surface area (Å²) >= 11 is 0. The molecule has 0 fully saturated rings. The molecule has 2 amide bonds. The van der Waals surface area contributed by atoms with Gasteiger partial charge in [-0.1, -0.05) is 25.8 Å². The molecule has 94 valence electrons. The average molecular weight is 237 g/mol. The first kappa shape index (κ1) is 13.4. The smallest absolute Gasteiger partial charge is 0.329 e. The number of allylic oxidation sites excluding steroid dienone is 2. The van der Waals surface area contributed by atoms with E-state index in [2.05, 4.69) is 23.5 Å². The minimum Gasteiger partial charge on any atom is -0.361 e. The van der Waals surface area contributed by atoms with Gasteiger partial charge in [-0.05, 0) is 31.3 Å². The van der Waals surface area contributed by atoms with Crippen LogP contribution in [0.5, 0.6) is 0 Å². The van der Waals surface area contributed by atoms with E-state index in [1.165, 1.54) is 18.4 Å². The van der Waals surface area contributed by atoms with Crippen molar-refractivity contribution < 1.29 is 9.59 Å². The molecule has 1 aliphatic carbocycles. The third-order valence-corrected chi connectivity index (χ3v) is 2.71. The minimum atomic E-state index is -1.01. The number of hydrogen-bond acceptors (Lipinski definition) is 3. The molecule has 5 nitrogen and oxygen atoms in total. The fourth-order valence-corrected chi connectivity index (χ4v) is 1.77. The number of hydrazone groups is 1. The van der Waals surface area contributed by atoms with E-state index < -0.39 is 11.8 Å². The van der Waals surface area contributed by atoms with Crippen LogP contribution in [0.3, 0.4) is 0 Å². The highest BCUT2D eigenvalue weighted by molar-refractivity contribution is 6.34. The van der Waals surface area contributed by atoms with Crippen LogP contribution in [-0.4, -0.2) is 17.5 Å². The van der Waals surface area contributed by atoms with Gasteiger partial charge < -0.3 is 5.73 Å². The van der Waals surface area contributed by atoms with Gasteiger partial charge in [0.25, 0.3) is 0 Å². The third-order valence-electron chi connectivity index (χ3n) is 2.71. The van der Waals surface area contributed by atoms with Crippen molar-refractivity contribution in [1.29, 1.82) is 0 Å². The molecule has 0 bridgehead atoms. The summed E-state index contributed by atoms with van der Waals surface area (Å²) in [5.74, 6) is -1.87. The van der Waals surface area contributed by atoms with E-state index >= 15 is 0 Å². The van der Waals surface area contributed by atoms with Gasteiger partial charge in [-0.25, -0.2) is 5.43 Å². The van der Waals surface area contributed by atoms with Gasteiger partial charge in [0.2, 0.25) is 0 Å². The summed E-state index contributed by atoms with van der Waals surface area (Å²) in [6.45, 7) is 2.16. The van der Waals surface area contributed by atoms with E-state index in [0.717, 1.165) is 31.4 Å². The first-order valence-corrected chi connectivity index (χ1v) is 6.01. The lowest BCUT2D eigenvalue weighted by Gasteiger charge is -2.04. The van der Waals surface area contributed by atoms with Gasteiger partial charge in [-0.2, -0.15) is 5.10 Å². The van der Waals surface area contributed by atoms with Crippen LogP contribution in [-0.2, 0) is 9.59 Å². The molecule has 0 aliphatic heterocycles. The standard InChI is InChI=1S/C12H19N3O2/c1-2-3-4-6-9-7-5-8-10(9)14-15-12(17)11(13)16/h7H,2-6,8H2,1H3,(H2,13,16)(H,15,17)/b14-10-. The maximum absolute atomic E-state index is 11.0. The quantitative estimate of drug-likeness (QED) is 0.428. The van der Waals surface area contributed by atoms with Crippen LogP contribution in [0.1, 0.15) is 45.4 Å². The van der Waals surface area contributed by atoms with Gasteiger partial charge in [0.1, 0.15) is 0 Å². The van der Waals surface area contributed by atoms with Crippen LogP contribution in [0.25, 0.3) is 0 Å². The number of nitrogens with one attached hydrogen (secondary N) is 1. The van der Waals surface area contributed by atoms with Gasteiger partial charge in [0.15, 0.2) is 0 Å². The molecule has 0 aromatic carbocycles. The van der Waals surface area contributed by atoms with E-state index in [4.69, 9.17) is 5.73 Å². The van der Waals surface area contributed by atoms with Crippen molar-refractivity contribution in [2.75, 3.05) is 0 Å². The number of carbonyl (C=O) groups excluding carboxylic acids is 2. The summed E-state index contributed by atoms with van der Waals surface area (Å²) in [4.78, 5) is 21.5. The monoisotopic (exact) mass is 237 g/mol. The Balaban J connectivity index is 2.47. The average Bonchev–Trinajstić information content (AvgIpc) is 2.74. The molecule has 0 atom stereocenters. The predicted molar refractivity (Wildman–Crippen MR) is 66.2 cm³/mol. The number of hydrogen-bond donors (Lipinski definition) is 2. The van der Waals surface area contributed by atoms with Crippen LogP contribution in [0.15, 0.2) is 16.8 Å². The fourth-order valence-electron chi connectivity index (χ4n) is 1.77. The van der Waals surface area contributed by atoms with E-state index in [1.54, 1.807) is 0 Å². The highest BCUT2D eigenvalue weighted by atomic mass is 16.2. The van der Waals surface area contributed by atoms with Crippen LogP contribution < -0.4 is 11.2 Å².